The average Bonchev–Trinajstić information content (AvgIpc) is 1.81. The molecule has 0 saturated carbocycles. The second-order valence-electron chi connectivity index (χ2n) is 1.56. The summed E-state index contributed by atoms with van der Waals surface area (Å²) < 4.78 is 0. The molecule has 2 N–H and O–H groups in total. The van der Waals surface area contributed by atoms with Crippen molar-refractivity contribution in [1.82, 2.24) is 5.32 Å². The molecule has 58 valence electrons. The number of nitrogens with one attached hydrogen (secondary N) is 1. The van der Waals surface area contributed by atoms with Crippen LogP contribution in [-0.4, -0.2) is 29.4 Å². The molecule has 0 rings (SSSR count). The molecule has 0 aromatic carbocycles. The predicted molar refractivity (Wildman–Crippen MR) is 34.1 cm³/mol. The summed E-state index contributed by atoms with van der Waals surface area (Å²) in [7, 11) is 1.72. The van der Waals surface area contributed by atoms with E-state index >= 15 is 0 Å². The number of amides is 1. The summed E-state index contributed by atoms with van der Waals surface area (Å²) in [6.07, 6.45) is 0. The quantitative estimate of drug-likeness (QED) is 0.341. The van der Waals surface area contributed by atoms with Gasteiger partial charge in [-0.2, -0.15) is 0 Å². The third kappa shape index (κ3) is 6.72. The SMILES string of the molecule is O=C(P)NC(CO)C(=O)[O-].[Na+]. The minimum Gasteiger partial charge on any atom is -0.548 e. The van der Waals surface area contributed by atoms with E-state index in [0.29, 0.717) is 0 Å². The molecule has 0 heterocycles. The normalized spacial score (nSPS) is 11.1. The monoisotopic (exact) mass is 187 g/mol. The van der Waals surface area contributed by atoms with Gasteiger partial charge in [0.15, 0.2) is 0 Å². The molecule has 0 aliphatic heterocycles. The predicted octanol–water partition coefficient (Wildman–Crippen LogP) is -5.31. The molecular formula is C4H7NNaO4P. The van der Waals surface area contributed by atoms with Crippen molar-refractivity contribution >= 4 is 20.9 Å². The molecule has 11 heavy (non-hydrogen) atoms. The summed E-state index contributed by atoms with van der Waals surface area (Å²) in [5.41, 5.74) is -0.594. The fourth-order valence-electron chi connectivity index (χ4n) is 0.351. The summed E-state index contributed by atoms with van der Waals surface area (Å²) in [4.78, 5) is 20.1. The molecule has 0 saturated heterocycles. The second-order valence-corrected chi connectivity index (χ2v) is 2.09. The third-order valence-electron chi connectivity index (χ3n) is 0.784. The van der Waals surface area contributed by atoms with Crippen molar-refractivity contribution in [2.24, 2.45) is 0 Å². The van der Waals surface area contributed by atoms with Crippen molar-refractivity contribution < 1.29 is 49.4 Å². The van der Waals surface area contributed by atoms with Gasteiger partial charge in [-0.05, 0) is 9.24 Å². The van der Waals surface area contributed by atoms with Crippen LogP contribution in [-0.2, 0) is 4.79 Å². The molecule has 0 aromatic rings. The number of carboxylic acid groups (broad SMARTS) is 1. The van der Waals surface area contributed by atoms with Gasteiger partial charge in [0.2, 0.25) is 5.65 Å². The molecule has 5 nitrogen and oxygen atoms in total. The molecule has 0 aromatic heterocycles. The number of carbonyl (C=O) groups is 2. The standard InChI is InChI=1S/C4H8NO4P.Na/c6-1-2(3(7)8)5-4(9)10;/h2,6H,1,10H2,(H,5,9)(H,7,8);/q;+1/p-1. The van der Waals surface area contributed by atoms with E-state index in [4.69, 9.17) is 5.11 Å². The molecule has 0 fully saturated rings. The van der Waals surface area contributed by atoms with E-state index in [0.717, 1.165) is 0 Å². The van der Waals surface area contributed by atoms with Crippen LogP contribution < -0.4 is 40.0 Å². The Balaban J connectivity index is 0. The molecule has 2 unspecified atom stereocenters. The zero-order valence-electron chi connectivity index (χ0n) is 6.03. The molecule has 0 radical (unpaired) electrons. The summed E-state index contributed by atoms with van der Waals surface area (Å²) in [6.45, 7) is -0.664. The Hall–Kier alpha value is 0.330. The van der Waals surface area contributed by atoms with Crippen LogP contribution >= 0.6 is 9.24 Å². The minimum absolute atomic E-state index is 0. The van der Waals surface area contributed by atoms with Gasteiger partial charge in [0.05, 0.1) is 18.6 Å². The van der Waals surface area contributed by atoms with Gasteiger partial charge in [0.25, 0.3) is 0 Å². The second kappa shape index (κ2) is 7.00. The van der Waals surface area contributed by atoms with Crippen molar-refractivity contribution in [3.63, 3.8) is 0 Å². The maximum absolute atomic E-state index is 10.2. The van der Waals surface area contributed by atoms with Gasteiger partial charge in [0, 0.05) is 0 Å². The van der Waals surface area contributed by atoms with Gasteiger partial charge < -0.3 is 20.3 Å². The number of carbonyl (C=O) groups excluding carboxylic acids is 2. The first kappa shape index (κ1) is 13.9. The topological polar surface area (TPSA) is 89.5 Å². The summed E-state index contributed by atoms with van der Waals surface area (Å²) in [5, 5.41) is 20.2. The van der Waals surface area contributed by atoms with Crippen LogP contribution in [0.15, 0.2) is 0 Å². The van der Waals surface area contributed by atoms with Gasteiger partial charge >= 0.3 is 29.6 Å². The molecule has 2 atom stereocenters. The zero-order chi connectivity index (χ0) is 8.15. The Morgan fingerprint density at radius 1 is 1.64 bits per heavy atom. The molecule has 0 aliphatic rings. The fraction of sp³-hybridized carbons (Fsp3) is 0.500. The van der Waals surface area contributed by atoms with Crippen LogP contribution in [0.1, 0.15) is 0 Å². The van der Waals surface area contributed by atoms with Crippen molar-refractivity contribution in [2.75, 3.05) is 6.61 Å². The summed E-state index contributed by atoms with van der Waals surface area (Å²) in [6, 6.07) is -1.31. The van der Waals surface area contributed by atoms with Crippen LogP contribution in [0.2, 0.25) is 0 Å². The number of rotatable bonds is 3. The van der Waals surface area contributed by atoms with Crippen LogP contribution in [0.5, 0.6) is 0 Å². The van der Waals surface area contributed by atoms with Gasteiger partial charge in [-0.3, -0.25) is 4.79 Å². The Kier molecular flexibility index (Phi) is 8.84. The van der Waals surface area contributed by atoms with E-state index in [9.17, 15) is 14.7 Å². The Morgan fingerprint density at radius 2 is 2.09 bits per heavy atom. The molecule has 0 bridgehead atoms. The number of hydrogen-bond donors (Lipinski definition) is 2. The number of aliphatic hydroxyl groups is 1. The molecule has 7 heteroatoms. The van der Waals surface area contributed by atoms with E-state index in [2.05, 4.69) is 0 Å². The molecule has 1 amide bonds. The van der Waals surface area contributed by atoms with E-state index in [1.54, 1.807) is 9.24 Å². The van der Waals surface area contributed by atoms with Gasteiger partial charge in [-0.15, -0.1) is 0 Å². The summed E-state index contributed by atoms with van der Waals surface area (Å²) in [5.74, 6) is -1.50. The Labute approximate surface area is 88.0 Å². The minimum atomic E-state index is -1.50. The van der Waals surface area contributed by atoms with E-state index in [1.165, 1.54) is 0 Å². The first-order valence-electron chi connectivity index (χ1n) is 2.45. The fourth-order valence-corrected chi connectivity index (χ4v) is 0.552. The van der Waals surface area contributed by atoms with E-state index < -0.39 is 24.3 Å². The maximum Gasteiger partial charge on any atom is 1.00 e. The van der Waals surface area contributed by atoms with Crippen LogP contribution in [0, 0.1) is 0 Å². The largest absolute Gasteiger partial charge is 1.00 e. The van der Waals surface area contributed by atoms with Crippen LogP contribution in [0.25, 0.3) is 0 Å². The van der Waals surface area contributed by atoms with Gasteiger partial charge in [-0.25, -0.2) is 0 Å². The first-order valence-corrected chi connectivity index (χ1v) is 3.03. The molecular weight excluding hydrogens is 180 g/mol. The summed E-state index contributed by atoms with van der Waals surface area (Å²) >= 11 is 0. The zero-order valence-corrected chi connectivity index (χ0v) is 9.19. The maximum atomic E-state index is 10.2. The van der Waals surface area contributed by atoms with Crippen molar-refractivity contribution in [3.05, 3.63) is 0 Å². The molecule has 0 spiro atoms. The number of carboxylic acids is 1. The Morgan fingerprint density at radius 3 is 2.18 bits per heavy atom. The van der Waals surface area contributed by atoms with Crippen molar-refractivity contribution in [3.8, 4) is 0 Å². The first-order chi connectivity index (χ1) is 4.57. The Bertz CT molecular complexity index is 153. The van der Waals surface area contributed by atoms with E-state index in [-0.39, 0.29) is 29.6 Å². The molecule has 0 aliphatic carbocycles. The van der Waals surface area contributed by atoms with Crippen molar-refractivity contribution in [1.29, 1.82) is 0 Å². The number of aliphatic carboxylic acids is 1. The van der Waals surface area contributed by atoms with Crippen LogP contribution in [0.3, 0.4) is 0 Å². The smallest absolute Gasteiger partial charge is 0.548 e. The average molecular weight is 187 g/mol. The van der Waals surface area contributed by atoms with Gasteiger partial charge in [0.1, 0.15) is 0 Å². The van der Waals surface area contributed by atoms with Crippen molar-refractivity contribution in [2.45, 2.75) is 6.04 Å². The number of aliphatic hydroxyl groups excluding tert-OH is 1. The third-order valence-corrected chi connectivity index (χ3v) is 0.950. The van der Waals surface area contributed by atoms with Gasteiger partial charge in [-0.1, -0.05) is 0 Å². The number of hydrogen-bond acceptors (Lipinski definition) is 4. The van der Waals surface area contributed by atoms with Crippen LogP contribution in [0.4, 0.5) is 4.79 Å². The van der Waals surface area contributed by atoms with E-state index in [1.807, 2.05) is 5.32 Å².